The normalized spacial score (nSPS) is 16.6. The van der Waals surface area contributed by atoms with Crippen molar-refractivity contribution in [2.24, 2.45) is 5.73 Å². The number of benzene rings is 1. The molecular weight excluding hydrogens is 292 g/mol. The number of morpholine rings is 1. The molecule has 1 atom stereocenters. The highest BCUT2D eigenvalue weighted by atomic mass is 35.5. The van der Waals surface area contributed by atoms with Crippen molar-refractivity contribution >= 4 is 17.5 Å². The molecule has 1 aliphatic rings. The number of hydrogen-bond acceptors (Lipinski definition) is 4. The van der Waals surface area contributed by atoms with E-state index in [-0.39, 0.29) is 5.91 Å². The summed E-state index contributed by atoms with van der Waals surface area (Å²) in [4.78, 5) is 14.0. The average Bonchev–Trinajstić information content (AvgIpc) is 2.50. The summed E-state index contributed by atoms with van der Waals surface area (Å²) >= 11 is 6.19. The van der Waals surface area contributed by atoms with E-state index in [2.05, 4.69) is 0 Å². The van der Waals surface area contributed by atoms with Gasteiger partial charge in [-0.3, -0.25) is 4.79 Å². The molecule has 5 nitrogen and oxygen atoms in total. The van der Waals surface area contributed by atoms with Gasteiger partial charge in [-0.1, -0.05) is 17.7 Å². The Balaban J connectivity index is 1.98. The molecule has 1 heterocycles. The fraction of sp³-hybridized carbons (Fsp3) is 0.533. The Morgan fingerprint density at radius 1 is 1.48 bits per heavy atom. The van der Waals surface area contributed by atoms with Crippen LogP contribution < -0.4 is 10.5 Å². The molecule has 1 saturated heterocycles. The van der Waals surface area contributed by atoms with Gasteiger partial charge in [0.15, 0.2) is 6.10 Å². The second-order valence-electron chi connectivity index (χ2n) is 5.00. The lowest BCUT2D eigenvalue weighted by Gasteiger charge is -2.29. The van der Waals surface area contributed by atoms with Crippen molar-refractivity contribution in [3.63, 3.8) is 0 Å². The van der Waals surface area contributed by atoms with Crippen LogP contribution in [0.2, 0.25) is 5.02 Å². The summed E-state index contributed by atoms with van der Waals surface area (Å²) in [6, 6.07) is 5.53. The monoisotopic (exact) mass is 312 g/mol. The molecule has 0 saturated carbocycles. The predicted octanol–water partition coefficient (Wildman–Crippen LogP) is 1.47. The number of rotatable bonds is 5. The molecule has 2 N–H and O–H groups in total. The van der Waals surface area contributed by atoms with E-state index in [0.29, 0.717) is 43.6 Å². The molecule has 1 unspecified atom stereocenters. The lowest BCUT2D eigenvalue weighted by molar-refractivity contribution is -0.142. The molecule has 6 heteroatoms. The van der Waals surface area contributed by atoms with E-state index in [1.54, 1.807) is 17.9 Å². The van der Waals surface area contributed by atoms with Gasteiger partial charge in [-0.2, -0.15) is 0 Å². The molecule has 0 spiro atoms. The van der Waals surface area contributed by atoms with Crippen molar-refractivity contribution in [3.05, 3.63) is 28.8 Å². The molecule has 1 aliphatic heterocycles. The van der Waals surface area contributed by atoms with Gasteiger partial charge in [0.2, 0.25) is 0 Å². The quantitative estimate of drug-likeness (QED) is 0.894. The minimum absolute atomic E-state index is 0.0413. The largest absolute Gasteiger partial charge is 0.479 e. The highest BCUT2D eigenvalue weighted by Crippen LogP contribution is 2.27. The molecule has 2 rings (SSSR count). The molecule has 1 aromatic carbocycles. The van der Waals surface area contributed by atoms with Gasteiger partial charge in [-0.15, -0.1) is 0 Å². The molecule has 0 bridgehead atoms. The molecule has 1 amide bonds. The summed E-state index contributed by atoms with van der Waals surface area (Å²) in [5, 5.41) is 0.502. The molecule has 1 fully saturated rings. The first-order chi connectivity index (χ1) is 10.1. The third-order valence-corrected chi connectivity index (χ3v) is 3.70. The van der Waals surface area contributed by atoms with Gasteiger partial charge in [0, 0.05) is 13.1 Å². The van der Waals surface area contributed by atoms with Crippen molar-refractivity contribution in [1.29, 1.82) is 0 Å². The van der Waals surface area contributed by atoms with E-state index < -0.39 is 6.10 Å². The number of carbonyl (C=O) groups is 1. The molecule has 0 aromatic heterocycles. The van der Waals surface area contributed by atoms with Gasteiger partial charge in [0.1, 0.15) is 5.75 Å². The van der Waals surface area contributed by atoms with Crippen LogP contribution in [0.4, 0.5) is 0 Å². The van der Waals surface area contributed by atoms with Crippen molar-refractivity contribution in [3.8, 4) is 5.75 Å². The Hall–Kier alpha value is -1.30. The lowest BCUT2D eigenvalue weighted by Crippen LogP contribution is -2.46. The van der Waals surface area contributed by atoms with E-state index in [9.17, 15) is 4.79 Å². The number of ether oxygens (including phenoxy) is 2. The summed E-state index contributed by atoms with van der Waals surface area (Å²) in [6.07, 6.45) is 0.198. The summed E-state index contributed by atoms with van der Waals surface area (Å²) in [6.45, 7) is 4.68. The van der Waals surface area contributed by atoms with Crippen LogP contribution in [0.1, 0.15) is 12.5 Å². The third-order valence-electron chi connectivity index (χ3n) is 3.40. The van der Waals surface area contributed by atoms with Crippen molar-refractivity contribution in [2.75, 3.05) is 32.8 Å². The molecule has 116 valence electrons. The van der Waals surface area contributed by atoms with E-state index in [1.807, 2.05) is 12.1 Å². The first-order valence-corrected chi connectivity index (χ1v) is 7.51. The highest BCUT2D eigenvalue weighted by molar-refractivity contribution is 6.32. The van der Waals surface area contributed by atoms with Crippen molar-refractivity contribution in [1.82, 2.24) is 4.90 Å². The number of hydrogen-bond donors (Lipinski definition) is 1. The van der Waals surface area contributed by atoms with Crippen LogP contribution >= 0.6 is 11.6 Å². The summed E-state index contributed by atoms with van der Waals surface area (Å²) in [5.41, 5.74) is 6.57. The lowest BCUT2D eigenvalue weighted by atomic mass is 10.1. The van der Waals surface area contributed by atoms with Crippen LogP contribution in [-0.2, 0) is 16.0 Å². The van der Waals surface area contributed by atoms with Crippen molar-refractivity contribution < 1.29 is 14.3 Å². The Morgan fingerprint density at radius 3 is 2.81 bits per heavy atom. The van der Waals surface area contributed by atoms with E-state index in [4.69, 9.17) is 26.8 Å². The highest BCUT2D eigenvalue weighted by Gasteiger charge is 2.24. The Kier molecular flexibility index (Phi) is 5.85. The van der Waals surface area contributed by atoms with Crippen LogP contribution in [0.5, 0.6) is 5.75 Å². The maximum Gasteiger partial charge on any atom is 0.263 e. The molecule has 0 aliphatic carbocycles. The number of nitrogens with two attached hydrogens (primary N) is 1. The van der Waals surface area contributed by atoms with Crippen LogP contribution in [-0.4, -0.2) is 49.8 Å². The fourth-order valence-corrected chi connectivity index (χ4v) is 2.49. The van der Waals surface area contributed by atoms with Gasteiger partial charge >= 0.3 is 0 Å². The van der Waals surface area contributed by atoms with Crippen LogP contribution in [0, 0.1) is 0 Å². The van der Waals surface area contributed by atoms with E-state index in [1.165, 1.54) is 0 Å². The van der Waals surface area contributed by atoms with Gasteiger partial charge < -0.3 is 20.1 Å². The number of amides is 1. The number of nitrogens with zero attached hydrogens (tertiary/aromatic N) is 1. The van der Waals surface area contributed by atoms with Gasteiger partial charge in [-0.05, 0) is 37.6 Å². The van der Waals surface area contributed by atoms with Crippen LogP contribution in [0.15, 0.2) is 18.2 Å². The Bertz CT molecular complexity index is 490. The van der Waals surface area contributed by atoms with Gasteiger partial charge in [0.25, 0.3) is 5.91 Å². The van der Waals surface area contributed by atoms with E-state index >= 15 is 0 Å². The molecule has 21 heavy (non-hydrogen) atoms. The Morgan fingerprint density at radius 2 is 2.19 bits per heavy atom. The van der Waals surface area contributed by atoms with Crippen LogP contribution in [0.3, 0.4) is 0 Å². The smallest absolute Gasteiger partial charge is 0.263 e. The predicted molar refractivity (Wildman–Crippen MR) is 81.7 cm³/mol. The zero-order valence-corrected chi connectivity index (χ0v) is 12.9. The topological polar surface area (TPSA) is 64.8 Å². The first kappa shape index (κ1) is 16.1. The summed E-state index contributed by atoms with van der Waals surface area (Å²) in [7, 11) is 0. The standard InChI is InChI=1S/C15H21ClN2O3/c1-11(15(19)18-6-8-20-9-7-18)21-14-3-2-12(4-5-17)10-13(14)16/h2-3,10-11H,4-9,17H2,1H3. The molecule has 1 aromatic rings. The molecule has 0 radical (unpaired) electrons. The van der Waals surface area contributed by atoms with Gasteiger partial charge in [0.05, 0.1) is 18.2 Å². The SMILES string of the molecule is CC(Oc1ccc(CCN)cc1Cl)C(=O)N1CCOCC1. The summed E-state index contributed by atoms with van der Waals surface area (Å²) in [5.74, 6) is 0.479. The van der Waals surface area contributed by atoms with Crippen LogP contribution in [0.25, 0.3) is 0 Å². The first-order valence-electron chi connectivity index (χ1n) is 7.13. The second kappa shape index (κ2) is 7.64. The van der Waals surface area contributed by atoms with Gasteiger partial charge in [-0.25, -0.2) is 0 Å². The maximum absolute atomic E-state index is 12.3. The zero-order chi connectivity index (χ0) is 15.2. The molecular formula is C15H21ClN2O3. The third kappa shape index (κ3) is 4.33. The average molecular weight is 313 g/mol. The maximum atomic E-state index is 12.3. The Labute approximate surface area is 130 Å². The minimum Gasteiger partial charge on any atom is -0.479 e. The minimum atomic E-state index is -0.569. The van der Waals surface area contributed by atoms with Crippen molar-refractivity contribution in [2.45, 2.75) is 19.4 Å². The second-order valence-corrected chi connectivity index (χ2v) is 5.41. The number of halogens is 1. The zero-order valence-electron chi connectivity index (χ0n) is 12.2. The number of carbonyl (C=O) groups excluding carboxylic acids is 1. The summed E-state index contributed by atoms with van der Waals surface area (Å²) < 4.78 is 10.9. The fourth-order valence-electron chi connectivity index (χ4n) is 2.24. The van der Waals surface area contributed by atoms with E-state index in [0.717, 1.165) is 12.0 Å².